The molecule has 2 amide bonds. The molecule has 1 saturated heterocycles. The first-order valence-electron chi connectivity index (χ1n) is 10.9. The highest BCUT2D eigenvalue weighted by Crippen LogP contribution is 2.35. The number of aryl methyl sites for hydroxylation is 1. The highest BCUT2D eigenvalue weighted by Gasteiger charge is 2.34. The van der Waals surface area contributed by atoms with E-state index >= 15 is 0 Å². The summed E-state index contributed by atoms with van der Waals surface area (Å²) in [6.45, 7) is 0.694. The molecule has 1 fully saturated rings. The molecular weight excluding hydrogens is 686 g/mol. The zero-order valence-corrected chi connectivity index (χ0v) is 23.7. The van der Waals surface area contributed by atoms with E-state index in [1.807, 2.05) is 60.7 Å². The lowest BCUT2D eigenvalue weighted by Gasteiger charge is -2.13. The highest BCUT2D eigenvalue weighted by atomic mass is 127. The molecule has 0 unspecified atom stereocenters. The number of amides is 2. The molecule has 35 heavy (non-hydrogen) atoms. The number of nitrogens with zero attached hydrogens (tertiary/aromatic N) is 2. The van der Waals surface area contributed by atoms with Crippen LogP contribution in [0.5, 0.6) is 5.75 Å². The van der Waals surface area contributed by atoms with Gasteiger partial charge < -0.3 is 4.74 Å². The number of hydrogen-bond acceptors (Lipinski definition) is 5. The third kappa shape index (κ3) is 6.45. The Hall–Kier alpha value is -2.36. The Morgan fingerprint density at radius 2 is 1.69 bits per heavy atom. The van der Waals surface area contributed by atoms with Crippen molar-refractivity contribution in [2.45, 2.75) is 19.4 Å². The maximum atomic E-state index is 12.9. The minimum Gasteiger partial charge on any atom is -0.487 e. The first-order valence-corrected chi connectivity index (χ1v) is 13.8. The van der Waals surface area contributed by atoms with E-state index in [1.54, 1.807) is 12.1 Å². The maximum Gasteiger partial charge on any atom is 0.293 e. The van der Waals surface area contributed by atoms with E-state index in [1.165, 1.54) is 10.5 Å². The summed E-state index contributed by atoms with van der Waals surface area (Å²) in [7, 11) is 0. The molecule has 1 heterocycles. The monoisotopic (exact) mass is 706 g/mol. The Morgan fingerprint density at radius 1 is 1.00 bits per heavy atom. The molecule has 5 nitrogen and oxygen atoms in total. The van der Waals surface area contributed by atoms with Gasteiger partial charge in [-0.1, -0.05) is 48.5 Å². The van der Waals surface area contributed by atoms with E-state index < -0.39 is 0 Å². The van der Waals surface area contributed by atoms with Gasteiger partial charge >= 0.3 is 0 Å². The van der Waals surface area contributed by atoms with Crippen molar-refractivity contribution >= 4 is 74.2 Å². The first kappa shape index (κ1) is 25.7. The molecule has 0 bridgehead atoms. The third-order valence-corrected chi connectivity index (χ3v) is 7.90. The SMILES string of the molecule is N#Cc1ccccc1COc1c(I)cc(/C=C2/SC(=O)N(CCCc3ccccc3)C2=O)cc1I. The maximum absolute atomic E-state index is 12.9. The van der Waals surface area contributed by atoms with Gasteiger partial charge in [0.15, 0.2) is 0 Å². The summed E-state index contributed by atoms with van der Waals surface area (Å²) >= 11 is 5.39. The van der Waals surface area contributed by atoms with Gasteiger partial charge in [0.05, 0.1) is 23.7 Å². The normalized spacial score (nSPS) is 14.4. The molecule has 0 spiro atoms. The minimum absolute atomic E-state index is 0.227. The Balaban J connectivity index is 1.43. The number of hydrogen-bond donors (Lipinski definition) is 0. The smallest absolute Gasteiger partial charge is 0.293 e. The van der Waals surface area contributed by atoms with Crippen molar-refractivity contribution in [2.75, 3.05) is 6.54 Å². The van der Waals surface area contributed by atoms with Crippen LogP contribution in [-0.2, 0) is 17.8 Å². The summed E-state index contributed by atoms with van der Waals surface area (Å²) < 4.78 is 7.81. The molecular formula is C27H20I2N2O3S. The van der Waals surface area contributed by atoms with E-state index in [4.69, 9.17) is 4.74 Å². The van der Waals surface area contributed by atoms with Crippen molar-refractivity contribution in [1.29, 1.82) is 5.26 Å². The van der Waals surface area contributed by atoms with Crippen LogP contribution in [0.15, 0.2) is 71.6 Å². The van der Waals surface area contributed by atoms with Crippen LogP contribution >= 0.6 is 56.9 Å². The number of carbonyl (C=O) groups excluding carboxylic acids is 2. The number of nitriles is 1. The number of ether oxygens (including phenoxy) is 1. The fourth-order valence-electron chi connectivity index (χ4n) is 3.64. The van der Waals surface area contributed by atoms with Crippen molar-refractivity contribution in [1.82, 2.24) is 4.90 Å². The predicted molar refractivity (Wildman–Crippen MR) is 155 cm³/mol. The van der Waals surface area contributed by atoms with Gasteiger partial charge in [0, 0.05) is 12.1 Å². The van der Waals surface area contributed by atoms with Crippen LogP contribution in [0, 0.1) is 18.5 Å². The number of carbonyl (C=O) groups is 2. The Morgan fingerprint density at radius 3 is 2.40 bits per heavy atom. The Kier molecular flexibility index (Phi) is 8.86. The van der Waals surface area contributed by atoms with Crippen LogP contribution < -0.4 is 4.74 Å². The molecule has 0 radical (unpaired) electrons. The summed E-state index contributed by atoms with van der Waals surface area (Å²) in [6, 6.07) is 23.4. The zero-order valence-electron chi connectivity index (χ0n) is 18.5. The van der Waals surface area contributed by atoms with Crippen LogP contribution in [0.1, 0.15) is 28.7 Å². The van der Waals surface area contributed by atoms with E-state index in [9.17, 15) is 14.9 Å². The van der Waals surface area contributed by atoms with Crippen molar-refractivity contribution in [3.63, 3.8) is 0 Å². The molecule has 1 aliphatic rings. The Labute approximate surface area is 235 Å². The standard InChI is InChI=1S/C27H20I2N2O3S/c28-22-13-19(14-23(29)25(22)34-17-21-11-5-4-10-20(21)16-30)15-24-26(32)31(27(33)35-24)12-6-9-18-7-2-1-3-8-18/h1-5,7-8,10-11,13-15H,6,9,12,17H2/b24-15+. The van der Waals surface area contributed by atoms with Gasteiger partial charge in [-0.25, -0.2) is 0 Å². The summed E-state index contributed by atoms with van der Waals surface area (Å²) in [6.07, 6.45) is 3.31. The predicted octanol–water partition coefficient (Wildman–Crippen LogP) is 7.02. The van der Waals surface area contributed by atoms with E-state index in [0.29, 0.717) is 17.0 Å². The molecule has 0 atom stereocenters. The number of thioether (sulfide) groups is 1. The Bertz CT molecular complexity index is 1310. The van der Waals surface area contributed by atoms with Gasteiger partial charge in [0.25, 0.3) is 11.1 Å². The molecule has 8 heteroatoms. The van der Waals surface area contributed by atoms with Gasteiger partial charge in [0.1, 0.15) is 12.4 Å². The number of benzene rings is 3. The summed E-state index contributed by atoms with van der Waals surface area (Å²) in [5, 5.41) is 9.06. The van der Waals surface area contributed by atoms with Crippen LogP contribution in [0.4, 0.5) is 4.79 Å². The highest BCUT2D eigenvalue weighted by molar-refractivity contribution is 14.1. The fourth-order valence-corrected chi connectivity index (χ4v) is 6.63. The average molecular weight is 706 g/mol. The molecule has 3 aromatic rings. The second-order valence-electron chi connectivity index (χ2n) is 7.79. The van der Waals surface area contributed by atoms with E-state index in [2.05, 4.69) is 51.3 Å². The molecule has 1 aliphatic heterocycles. The van der Waals surface area contributed by atoms with E-state index in [0.717, 1.165) is 48.6 Å². The second kappa shape index (κ2) is 12.1. The van der Waals surface area contributed by atoms with Crippen LogP contribution in [0.3, 0.4) is 0 Å². The summed E-state index contributed by atoms with van der Waals surface area (Å²) in [5.74, 6) is 0.483. The third-order valence-electron chi connectivity index (χ3n) is 5.39. The van der Waals surface area contributed by atoms with Crippen molar-refractivity contribution in [3.05, 3.63) is 101 Å². The van der Waals surface area contributed by atoms with Crippen LogP contribution in [0.25, 0.3) is 6.08 Å². The van der Waals surface area contributed by atoms with Gasteiger partial charge in [0.2, 0.25) is 0 Å². The van der Waals surface area contributed by atoms with Crippen molar-refractivity contribution < 1.29 is 14.3 Å². The van der Waals surface area contributed by atoms with E-state index in [-0.39, 0.29) is 17.8 Å². The molecule has 4 rings (SSSR count). The van der Waals surface area contributed by atoms with Gasteiger partial charge in [-0.15, -0.1) is 0 Å². The van der Waals surface area contributed by atoms with Crippen LogP contribution in [-0.4, -0.2) is 22.6 Å². The molecule has 0 aliphatic carbocycles. The number of imide groups is 1. The largest absolute Gasteiger partial charge is 0.487 e. The molecule has 3 aromatic carbocycles. The average Bonchev–Trinajstić information content (AvgIpc) is 3.11. The topological polar surface area (TPSA) is 70.4 Å². The molecule has 176 valence electrons. The van der Waals surface area contributed by atoms with Gasteiger partial charge in [-0.05, 0) is 105 Å². The lowest BCUT2D eigenvalue weighted by molar-refractivity contribution is -0.122. The summed E-state index contributed by atoms with van der Waals surface area (Å²) in [5.41, 5.74) is 3.44. The second-order valence-corrected chi connectivity index (χ2v) is 11.1. The zero-order chi connectivity index (χ0) is 24.8. The quantitative estimate of drug-likeness (QED) is 0.186. The van der Waals surface area contributed by atoms with Crippen LogP contribution in [0.2, 0.25) is 0 Å². The van der Waals surface area contributed by atoms with Gasteiger partial charge in [-0.2, -0.15) is 5.26 Å². The number of halogens is 2. The van der Waals surface area contributed by atoms with Crippen molar-refractivity contribution in [3.8, 4) is 11.8 Å². The first-order chi connectivity index (χ1) is 17.0. The van der Waals surface area contributed by atoms with Gasteiger partial charge in [-0.3, -0.25) is 14.5 Å². The lowest BCUT2D eigenvalue weighted by atomic mass is 10.1. The van der Waals surface area contributed by atoms with Crippen molar-refractivity contribution in [2.24, 2.45) is 0 Å². The molecule has 0 N–H and O–H groups in total. The molecule has 0 aromatic heterocycles. The minimum atomic E-state index is -0.244. The lowest BCUT2D eigenvalue weighted by Crippen LogP contribution is -2.29. The number of rotatable bonds is 8. The fraction of sp³-hybridized carbons (Fsp3) is 0.148. The molecule has 0 saturated carbocycles. The summed E-state index contributed by atoms with van der Waals surface area (Å²) in [4.78, 5) is 27.1.